The third kappa shape index (κ3) is 4.98. The van der Waals surface area contributed by atoms with E-state index in [-0.39, 0.29) is 42.7 Å². The van der Waals surface area contributed by atoms with Gasteiger partial charge in [-0.2, -0.15) is 26.3 Å². The molecule has 2 amide bonds. The lowest BCUT2D eigenvalue weighted by molar-refractivity contribution is -0.156. The van der Waals surface area contributed by atoms with Gasteiger partial charge in [0.25, 0.3) is 11.8 Å². The molecule has 12 heteroatoms. The van der Waals surface area contributed by atoms with Crippen molar-refractivity contribution in [1.82, 2.24) is 10.2 Å². The number of hydrogen-bond donors (Lipinski definition) is 1. The topological polar surface area (TPSA) is 83.6 Å². The van der Waals surface area contributed by atoms with Crippen LogP contribution in [0.5, 0.6) is 0 Å². The molecule has 2 aromatic carbocycles. The van der Waals surface area contributed by atoms with Gasteiger partial charge in [-0.15, -0.1) is 0 Å². The Morgan fingerprint density at radius 3 is 2.36 bits per heavy atom. The van der Waals surface area contributed by atoms with Crippen LogP contribution in [0.25, 0.3) is 0 Å². The summed E-state index contributed by atoms with van der Waals surface area (Å²) < 4.78 is 80.1. The van der Waals surface area contributed by atoms with Gasteiger partial charge in [0.15, 0.2) is 11.8 Å². The highest BCUT2D eigenvalue weighted by molar-refractivity contribution is 6.08. The van der Waals surface area contributed by atoms with E-state index in [9.17, 15) is 45.5 Å². The van der Waals surface area contributed by atoms with Crippen molar-refractivity contribution in [2.45, 2.75) is 50.2 Å². The maximum atomic E-state index is 13.7. The SMILES string of the molecule is O=C1CCC(N2Cc3cc(C(=O)N[C@H](c4cccc(C(F)(F)F)c4)C(F)(F)F)ccc3C2=O)C(=O)C1. The number of nitrogens with one attached hydrogen (secondary N) is 1. The first-order valence-corrected chi connectivity index (χ1v) is 10.8. The average Bonchev–Trinajstić information content (AvgIpc) is 3.11. The molecule has 4 rings (SSSR count). The lowest BCUT2D eigenvalue weighted by atomic mass is 9.92. The molecule has 0 bridgehead atoms. The molecular formula is C24H18F6N2O4. The van der Waals surface area contributed by atoms with Crippen LogP contribution in [0.1, 0.15) is 62.7 Å². The van der Waals surface area contributed by atoms with E-state index in [2.05, 4.69) is 0 Å². The molecule has 1 fully saturated rings. The Balaban J connectivity index is 1.56. The van der Waals surface area contributed by atoms with Crippen molar-refractivity contribution in [3.05, 3.63) is 70.3 Å². The van der Waals surface area contributed by atoms with Gasteiger partial charge in [0.05, 0.1) is 18.0 Å². The van der Waals surface area contributed by atoms with Crippen LogP contribution in [0, 0.1) is 0 Å². The molecule has 190 valence electrons. The molecule has 0 spiro atoms. The third-order valence-electron chi connectivity index (χ3n) is 6.17. The van der Waals surface area contributed by atoms with Gasteiger partial charge >= 0.3 is 12.4 Å². The summed E-state index contributed by atoms with van der Waals surface area (Å²) in [6.07, 6.45) is -9.95. The Bertz CT molecular complexity index is 1250. The zero-order valence-electron chi connectivity index (χ0n) is 18.4. The minimum absolute atomic E-state index is 0.0732. The minimum atomic E-state index is -5.10. The molecule has 0 saturated heterocycles. The predicted octanol–water partition coefficient (Wildman–Crippen LogP) is 4.39. The highest BCUT2D eigenvalue weighted by Gasteiger charge is 2.44. The van der Waals surface area contributed by atoms with Gasteiger partial charge < -0.3 is 10.2 Å². The molecule has 1 aliphatic carbocycles. The molecule has 2 aliphatic rings. The average molecular weight is 512 g/mol. The molecular weight excluding hydrogens is 494 g/mol. The number of carbonyl (C=O) groups is 4. The summed E-state index contributed by atoms with van der Waals surface area (Å²) in [4.78, 5) is 50.4. The van der Waals surface area contributed by atoms with Crippen molar-refractivity contribution in [3.63, 3.8) is 0 Å². The van der Waals surface area contributed by atoms with Crippen molar-refractivity contribution in [1.29, 1.82) is 0 Å². The summed E-state index contributed by atoms with van der Waals surface area (Å²) in [6, 6.07) is 2.65. The summed E-state index contributed by atoms with van der Waals surface area (Å²) in [5.74, 6) is -2.33. The Hall–Kier alpha value is -3.70. The van der Waals surface area contributed by atoms with E-state index in [0.29, 0.717) is 17.7 Å². The van der Waals surface area contributed by atoms with E-state index >= 15 is 0 Å². The molecule has 1 N–H and O–H groups in total. The number of rotatable bonds is 4. The van der Waals surface area contributed by atoms with Crippen LogP contribution in [0.4, 0.5) is 26.3 Å². The van der Waals surface area contributed by atoms with E-state index in [1.54, 1.807) is 5.32 Å². The van der Waals surface area contributed by atoms with Crippen LogP contribution >= 0.6 is 0 Å². The number of amides is 2. The number of Topliss-reactive ketones (excluding diaryl/α,β-unsaturated/α-hetero) is 2. The van der Waals surface area contributed by atoms with Crippen LogP contribution in [-0.4, -0.2) is 40.5 Å². The number of ketones is 2. The largest absolute Gasteiger partial charge is 0.416 e. The van der Waals surface area contributed by atoms with Crippen LogP contribution in [0.2, 0.25) is 0 Å². The first-order chi connectivity index (χ1) is 16.8. The van der Waals surface area contributed by atoms with Gasteiger partial charge in [0, 0.05) is 24.1 Å². The number of fused-ring (bicyclic) bond motifs is 1. The van der Waals surface area contributed by atoms with Crippen molar-refractivity contribution < 1.29 is 45.5 Å². The smallest absolute Gasteiger partial charge is 0.337 e. The fraction of sp³-hybridized carbons (Fsp3) is 0.333. The Morgan fingerprint density at radius 1 is 1.00 bits per heavy atom. The number of carbonyl (C=O) groups excluding carboxylic acids is 4. The number of benzene rings is 2. The normalized spacial score (nSPS) is 19.3. The maximum Gasteiger partial charge on any atom is 0.416 e. The second kappa shape index (κ2) is 9.07. The van der Waals surface area contributed by atoms with Gasteiger partial charge in [-0.25, -0.2) is 0 Å². The van der Waals surface area contributed by atoms with Gasteiger partial charge in [-0.05, 0) is 47.9 Å². The van der Waals surface area contributed by atoms with Gasteiger partial charge in [-0.3, -0.25) is 19.2 Å². The van der Waals surface area contributed by atoms with E-state index in [4.69, 9.17) is 0 Å². The molecule has 1 unspecified atom stereocenters. The maximum absolute atomic E-state index is 13.7. The van der Waals surface area contributed by atoms with E-state index in [0.717, 1.165) is 18.2 Å². The van der Waals surface area contributed by atoms with E-state index in [1.165, 1.54) is 17.0 Å². The first-order valence-electron chi connectivity index (χ1n) is 10.8. The molecule has 6 nitrogen and oxygen atoms in total. The minimum Gasteiger partial charge on any atom is -0.337 e. The van der Waals surface area contributed by atoms with Gasteiger partial charge in [0.2, 0.25) is 0 Å². The second-order valence-electron chi connectivity index (χ2n) is 8.61. The molecule has 2 aromatic rings. The molecule has 1 saturated carbocycles. The van der Waals surface area contributed by atoms with Crippen LogP contribution in [0.3, 0.4) is 0 Å². The molecule has 1 aliphatic heterocycles. The monoisotopic (exact) mass is 512 g/mol. The van der Waals surface area contributed by atoms with Crippen LogP contribution < -0.4 is 5.32 Å². The number of halogens is 6. The summed E-state index contributed by atoms with van der Waals surface area (Å²) in [7, 11) is 0. The van der Waals surface area contributed by atoms with Crippen LogP contribution in [0.15, 0.2) is 42.5 Å². The Kier molecular flexibility index (Phi) is 6.40. The molecule has 0 aromatic heterocycles. The fourth-order valence-electron chi connectivity index (χ4n) is 4.39. The van der Waals surface area contributed by atoms with Crippen molar-refractivity contribution >= 4 is 23.4 Å². The quantitative estimate of drug-likeness (QED) is 0.487. The van der Waals surface area contributed by atoms with Gasteiger partial charge in [0.1, 0.15) is 5.78 Å². The number of alkyl halides is 6. The summed E-state index contributed by atoms with van der Waals surface area (Å²) >= 11 is 0. The highest BCUT2D eigenvalue weighted by atomic mass is 19.4. The van der Waals surface area contributed by atoms with Crippen molar-refractivity contribution in [2.24, 2.45) is 0 Å². The third-order valence-corrected chi connectivity index (χ3v) is 6.17. The highest BCUT2D eigenvalue weighted by Crippen LogP contribution is 2.37. The predicted molar refractivity (Wildman–Crippen MR) is 112 cm³/mol. The molecule has 1 heterocycles. The van der Waals surface area contributed by atoms with Crippen molar-refractivity contribution in [3.8, 4) is 0 Å². The standard InChI is InChI=1S/C24H18F6N2O4/c25-23(26,27)15-3-1-2-12(9-15)20(24(28,29)30)31-21(35)13-4-6-17-14(8-13)11-32(22(17)36)18-7-5-16(33)10-19(18)34/h1-4,6,8-9,18,20H,5,7,10-11H2,(H,31,35)/t18?,20-/m1/s1. The molecule has 2 atom stereocenters. The fourth-order valence-corrected chi connectivity index (χ4v) is 4.39. The lowest BCUT2D eigenvalue weighted by Crippen LogP contribution is -2.44. The summed E-state index contributed by atoms with van der Waals surface area (Å²) in [5, 5.41) is 1.74. The zero-order valence-corrected chi connectivity index (χ0v) is 18.4. The van der Waals surface area contributed by atoms with E-state index in [1.807, 2.05) is 0 Å². The summed E-state index contributed by atoms with van der Waals surface area (Å²) in [5.41, 5.74) is -1.85. The van der Waals surface area contributed by atoms with Gasteiger partial charge in [-0.1, -0.05) is 12.1 Å². The second-order valence-corrected chi connectivity index (χ2v) is 8.61. The molecule has 0 radical (unpaired) electrons. The number of nitrogens with zero attached hydrogens (tertiary/aromatic N) is 1. The van der Waals surface area contributed by atoms with Crippen LogP contribution in [-0.2, 0) is 22.3 Å². The number of hydrogen-bond acceptors (Lipinski definition) is 4. The molecule has 36 heavy (non-hydrogen) atoms. The Morgan fingerprint density at radius 2 is 1.72 bits per heavy atom. The zero-order chi connectivity index (χ0) is 26.4. The van der Waals surface area contributed by atoms with Crippen molar-refractivity contribution in [2.75, 3.05) is 0 Å². The first kappa shape index (κ1) is 25.4. The summed E-state index contributed by atoms with van der Waals surface area (Å²) in [6.45, 7) is -0.0732. The lowest BCUT2D eigenvalue weighted by Gasteiger charge is -2.29. The Labute approximate surface area is 200 Å². The van der Waals surface area contributed by atoms with E-state index < -0.39 is 53.2 Å².